The zero-order valence-electron chi connectivity index (χ0n) is 14.9. The third-order valence-electron chi connectivity index (χ3n) is 3.77. The van der Waals surface area contributed by atoms with Gasteiger partial charge in [0.15, 0.2) is 28.7 Å². The van der Waals surface area contributed by atoms with E-state index in [9.17, 15) is 9.59 Å². The highest BCUT2D eigenvalue weighted by atomic mass is 16.5. The van der Waals surface area contributed by atoms with Crippen LogP contribution in [0.1, 0.15) is 47.4 Å². The molecule has 7 heteroatoms. The molecule has 0 unspecified atom stereocenters. The van der Waals surface area contributed by atoms with E-state index in [2.05, 4.69) is 5.16 Å². The molecule has 25 heavy (non-hydrogen) atoms. The monoisotopic (exact) mass is 346 g/mol. The summed E-state index contributed by atoms with van der Waals surface area (Å²) < 4.78 is 16.1. The van der Waals surface area contributed by atoms with Crippen molar-refractivity contribution in [1.82, 2.24) is 10.1 Å². The van der Waals surface area contributed by atoms with Crippen LogP contribution in [0.25, 0.3) is 0 Å². The SMILES string of the molecule is CCN(CC)C(=O)c1cc(COc2ccc(C(C)=O)cc2OC)on1. The van der Waals surface area contributed by atoms with E-state index in [4.69, 9.17) is 14.0 Å². The Morgan fingerprint density at radius 3 is 2.48 bits per heavy atom. The summed E-state index contributed by atoms with van der Waals surface area (Å²) in [4.78, 5) is 25.3. The molecule has 0 aliphatic rings. The van der Waals surface area contributed by atoms with Crippen LogP contribution >= 0.6 is 0 Å². The first-order valence-corrected chi connectivity index (χ1v) is 8.06. The predicted molar refractivity (Wildman–Crippen MR) is 91.1 cm³/mol. The Labute approximate surface area is 146 Å². The van der Waals surface area contributed by atoms with Gasteiger partial charge in [0.05, 0.1) is 7.11 Å². The van der Waals surface area contributed by atoms with E-state index < -0.39 is 0 Å². The van der Waals surface area contributed by atoms with Crippen molar-refractivity contribution in [3.63, 3.8) is 0 Å². The molecule has 0 saturated carbocycles. The molecule has 1 heterocycles. The lowest BCUT2D eigenvalue weighted by Crippen LogP contribution is -2.30. The zero-order valence-corrected chi connectivity index (χ0v) is 14.9. The molecular weight excluding hydrogens is 324 g/mol. The third kappa shape index (κ3) is 4.37. The summed E-state index contributed by atoms with van der Waals surface area (Å²) >= 11 is 0. The number of carbonyl (C=O) groups is 2. The summed E-state index contributed by atoms with van der Waals surface area (Å²) in [6.07, 6.45) is 0. The Morgan fingerprint density at radius 2 is 1.88 bits per heavy atom. The van der Waals surface area contributed by atoms with E-state index in [-0.39, 0.29) is 24.0 Å². The van der Waals surface area contributed by atoms with E-state index >= 15 is 0 Å². The number of ether oxygens (including phenoxy) is 2. The number of carbonyl (C=O) groups excluding carboxylic acids is 2. The van der Waals surface area contributed by atoms with Gasteiger partial charge in [-0.3, -0.25) is 9.59 Å². The highest BCUT2D eigenvalue weighted by molar-refractivity contribution is 5.94. The topological polar surface area (TPSA) is 81.9 Å². The van der Waals surface area contributed by atoms with Crippen molar-refractivity contribution in [1.29, 1.82) is 0 Å². The van der Waals surface area contributed by atoms with Crippen molar-refractivity contribution in [3.05, 3.63) is 41.3 Å². The number of ketones is 1. The maximum Gasteiger partial charge on any atom is 0.276 e. The second kappa shape index (κ2) is 8.32. The van der Waals surface area contributed by atoms with Crippen molar-refractivity contribution < 1.29 is 23.6 Å². The first-order chi connectivity index (χ1) is 12.0. The van der Waals surface area contributed by atoms with Crippen LogP contribution in [-0.4, -0.2) is 41.9 Å². The number of hydrogen-bond acceptors (Lipinski definition) is 6. The fourth-order valence-corrected chi connectivity index (χ4v) is 2.31. The Morgan fingerprint density at radius 1 is 1.16 bits per heavy atom. The van der Waals surface area contributed by atoms with Crippen LogP contribution in [0.15, 0.2) is 28.8 Å². The number of aromatic nitrogens is 1. The van der Waals surface area contributed by atoms with Gasteiger partial charge in [-0.15, -0.1) is 0 Å². The predicted octanol–water partition coefficient (Wildman–Crippen LogP) is 2.95. The standard InChI is InChI=1S/C18H22N2O5/c1-5-20(6-2)18(22)15-10-14(25-19-15)11-24-16-8-7-13(12(3)21)9-17(16)23-4/h7-10H,5-6,11H2,1-4H3. The van der Waals surface area contributed by atoms with Crippen molar-refractivity contribution in [2.75, 3.05) is 20.2 Å². The summed E-state index contributed by atoms with van der Waals surface area (Å²) in [5, 5.41) is 3.80. The molecule has 0 atom stereocenters. The molecule has 0 N–H and O–H groups in total. The minimum atomic E-state index is -0.177. The van der Waals surface area contributed by atoms with E-state index in [1.165, 1.54) is 14.0 Å². The molecule has 134 valence electrons. The lowest BCUT2D eigenvalue weighted by atomic mass is 10.1. The lowest BCUT2D eigenvalue weighted by Gasteiger charge is -2.16. The van der Waals surface area contributed by atoms with Gasteiger partial charge in [-0.1, -0.05) is 5.16 Å². The Bertz CT molecular complexity index is 750. The van der Waals surface area contributed by atoms with Gasteiger partial charge in [-0.25, -0.2) is 0 Å². The van der Waals surface area contributed by atoms with Gasteiger partial charge >= 0.3 is 0 Å². The molecule has 0 fully saturated rings. The van der Waals surface area contributed by atoms with Crippen LogP contribution in [0.5, 0.6) is 11.5 Å². The molecule has 1 aromatic heterocycles. The van der Waals surface area contributed by atoms with Gasteiger partial charge in [0, 0.05) is 24.7 Å². The van der Waals surface area contributed by atoms with Crippen molar-refractivity contribution in [2.24, 2.45) is 0 Å². The second-order valence-corrected chi connectivity index (χ2v) is 5.37. The van der Waals surface area contributed by atoms with Gasteiger partial charge in [0.2, 0.25) is 0 Å². The number of rotatable bonds is 8. The van der Waals surface area contributed by atoms with Gasteiger partial charge in [0.1, 0.15) is 6.61 Å². The van der Waals surface area contributed by atoms with E-state index in [0.717, 1.165) is 0 Å². The first-order valence-electron chi connectivity index (χ1n) is 8.06. The third-order valence-corrected chi connectivity index (χ3v) is 3.77. The maximum absolute atomic E-state index is 12.2. The number of benzene rings is 1. The van der Waals surface area contributed by atoms with Gasteiger partial charge in [-0.05, 0) is 39.0 Å². The number of hydrogen-bond donors (Lipinski definition) is 0. The van der Waals surface area contributed by atoms with Gasteiger partial charge in [-0.2, -0.15) is 0 Å². The zero-order chi connectivity index (χ0) is 18.4. The summed E-state index contributed by atoms with van der Waals surface area (Å²) in [7, 11) is 1.50. The fourth-order valence-electron chi connectivity index (χ4n) is 2.31. The number of nitrogens with zero attached hydrogens (tertiary/aromatic N) is 2. The normalized spacial score (nSPS) is 10.4. The Hall–Kier alpha value is -2.83. The average molecular weight is 346 g/mol. The van der Waals surface area contributed by atoms with E-state index in [0.29, 0.717) is 35.9 Å². The van der Waals surface area contributed by atoms with Crippen LogP contribution in [0.4, 0.5) is 0 Å². The average Bonchev–Trinajstić information content (AvgIpc) is 3.09. The van der Waals surface area contributed by atoms with Crippen LogP contribution in [-0.2, 0) is 6.61 Å². The highest BCUT2D eigenvalue weighted by Gasteiger charge is 2.18. The van der Waals surface area contributed by atoms with Crippen molar-refractivity contribution in [2.45, 2.75) is 27.4 Å². The molecule has 0 bridgehead atoms. The molecular formula is C18H22N2O5. The highest BCUT2D eigenvalue weighted by Crippen LogP contribution is 2.29. The number of methoxy groups -OCH3 is 1. The van der Waals surface area contributed by atoms with E-state index in [1.54, 1.807) is 29.2 Å². The van der Waals surface area contributed by atoms with Crippen LogP contribution < -0.4 is 9.47 Å². The molecule has 0 saturated heterocycles. The smallest absolute Gasteiger partial charge is 0.276 e. The lowest BCUT2D eigenvalue weighted by molar-refractivity contribution is 0.0762. The molecule has 0 aliphatic carbocycles. The molecule has 1 aromatic carbocycles. The number of amides is 1. The molecule has 0 aliphatic heterocycles. The Balaban J connectivity index is 2.07. The summed E-state index contributed by atoms with van der Waals surface area (Å²) in [5.74, 6) is 1.11. The Kier molecular flexibility index (Phi) is 6.16. The van der Waals surface area contributed by atoms with Crippen LogP contribution in [0, 0.1) is 0 Å². The van der Waals surface area contributed by atoms with Crippen molar-refractivity contribution in [3.8, 4) is 11.5 Å². The number of Topliss-reactive ketones (excluding diaryl/α,β-unsaturated/α-hetero) is 1. The van der Waals surface area contributed by atoms with Gasteiger partial charge in [0.25, 0.3) is 5.91 Å². The van der Waals surface area contributed by atoms with Crippen LogP contribution in [0.2, 0.25) is 0 Å². The van der Waals surface area contributed by atoms with E-state index in [1.807, 2.05) is 13.8 Å². The largest absolute Gasteiger partial charge is 0.493 e. The molecule has 0 radical (unpaired) electrons. The summed E-state index contributed by atoms with van der Waals surface area (Å²) in [6, 6.07) is 6.51. The molecule has 2 rings (SSSR count). The summed E-state index contributed by atoms with van der Waals surface area (Å²) in [5.41, 5.74) is 0.789. The van der Waals surface area contributed by atoms with Crippen LogP contribution in [0.3, 0.4) is 0 Å². The molecule has 0 spiro atoms. The first kappa shape index (κ1) is 18.5. The summed E-state index contributed by atoms with van der Waals surface area (Å²) in [6.45, 7) is 6.60. The second-order valence-electron chi connectivity index (χ2n) is 5.37. The van der Waals surface area contributed by atoms with Crippen molar-refractivity contribution >= 4 is 11.7 Å². The molecule has 1 amide bonds. The molecule has 7 nitrogen and oxygen atoms in total. The molecule has 2 aromatic rings. The minimum Gasteiger partial charge on any atom is -0.493 e. The minimum absolute atomic E-state index is 0.0559. The maximum atomic E-state index is 12.2. The quantitative estimate of drug-likeness (QED) is 0.684. The van der Waals surface area contributed by atoms with Gasteiger partial charge < -0.3 is 18.9 Å². The fraction of sp³-hybridized carbons (Fsp3) is 0.389.